The summed E-state index contributed by atoms with van der Waals surface area (Å²) in [6.45, 7) is 3.51. The number of hydrogen-bond donors (Lipinski definition) is 2. The van der Waals surface area contributed by atoms with Gasteiger partial charge in [-0.15, -0.1) is 0 Å². The zero-order chi connectivity index (χ0) is 14.9. The third-order valence-corrected chi connectivity index (χ3v) is 5.69. The first-order valence-corrected chi connectivity index (χ1v) is 8.38. The minimum atomic E-state index is -0.335. The van der Waals surface area contributed by atoms with E-state index < -0.39 is 0 Å². The van der Waals surface area contributed by atoms with Gasteiger partial charge < -0.3 is 15.7 Å². The lowest BCUT2D eigenvalue weighted by molar-refractivity contribution is 0.156. The largest absolute Gasteiger partial charge is 0.394 e. The normalized spacial score (nSPS) is 32.2. The van der Waals surface area contributed by atoms with Gasteiger partial charge >= 0.3 is 0 Å². The maximum absolute atomic E-state index is 9.60. The lowest BCUT2D eigenvalue weighted by Gasteiger charge is -2.39. The van der Waals surface area contributed by atoms with Gasteiger partial charge in [-0.2, -0.15) is 0 Å². The van der Waals surface area contributed by atoms with Crippen LogP contribution in [0.3, 0.4) is 0 Å². The van der Waals surface area contributed by atoms with Crippen LogP contribution in [0.15, 0.2) is 24.3 Å². The molecular formula is C18H28N2O. The van der Waals surface area contributed by atoms with Crippen LogP contribution >= 0.6 is 0 Å². The fourth-order valence-electron chi connectivity index (χ4n) is 4.20. The maximum Gasteiger partial charge on any atom is 0.0613 e. The Morgan fingerprint density at radius 3 is 2.95 bits per heavy atom. The van der Waals surface area contributed by atoms with Crippen LogP contribution in [-0.4, -0.2) is 29.8 Å². The summed E-state index contributed by atoms with van der Waals surface area (Å²) in [7, 11) is 0. The number of rotatable bonds is 4. The van der Waals surface area contributed by atoms with Crippen LogP contribution in [0.2, 0.25) is 0 Å². The van der Waals surface area contributed by atoms with Gasteiger partial charge in [-0.05, 0) is 56.6 Å². The molecule has 0 spiro atoms. The quantitative estimate of drug-likeness (QED) is 0.895. The molecule has 0 amide bonds. The Balaban J connectivity index is 1.70. The van der Waals surface area contributed by atoms with Crippen LogP contribution in [0.25, 0.3) is 0 Å². The second-order valence-electron chi connectivity index (χ2n) is 6.98. The van der Waals surface area contributed by atoms with E-state index in [4.69, 9.17) is 5.73 Å². The molecule has 3 nitrogen and oxygen atoms in total. The molecule has 1 aliphatic carbocycles. The Hall–Kier alpha value is -1.06. The van der Waals surface area contributed by atoms with Crippen molar-refractivity contribution in [3.63, 3.8) is 0 Å². The Bertz CT molecular complexity index is 490. The van der Waals surface area contributed by atoms with Crippen LogP contribution in [0, 0.1) is 5.92 Å². The molecule has 0 radical (unpaired) electrons. The first-order chi connectivity index (χ1) is 10.1. The number of nitrogens with two attached hydrogens (primary N) is 1. The van der Waals surface area contributed by atoms with E-state index in [2.05, 4.69) is 36.1 Å². The first kappa shape index (κ1) is 14.9. The molecule has 3 N–H and O–H groups in total. The predicted molar refractivity (Wildman–Crippen MR) is 87.5 cm³/mol. The van der Waals surface area contributed by atoms with Crippen molar-refractivity contribution in [3.05, 3.63) is 29.8 Å². The highest BCUT2D eigenvalue weighted by atomic mass is 16.3. The van der Waals surface area contributed by atoms with Crippen molar-refractivity contribution in [3.8, 4) is 0 Å². The van der Waals surface area contributed by atoms with Crippen LogP contribution in [0.1, 0.15) is 44.6 Å². The molecule has 1 aliphatic heterocycles. The number of aliphatic hydroxyl groups is 1. The minimum Gasteiger partial charge on any atom is -0.394 e. The van der Waals surface area contributed by atoms with Crippen molar-refractivity contribution in [2.75, 3.05) is 18.1 Å². The number of hydrogen-bond acceptors (Lipinski definition) is 3. The van der Waals surface area contributed by atoms with Gasteiger partial charge in [0.15, 0.2) is 0 Å². The van der Waals surface area contributed by atoms with Crippen molar-refractivity contribution < 1.29 is 5.11 Å². The molecule has 1 saturated carbocycles. The average molecular weight is 288 g/mol. The number of anilines is 1. The van der Waals surface area contributed by atoms with Gasteiger partial charge in [-0.25, -0.2) is 0 Å². The van der Waals surface area contributed by atoms with Gasteiger partial charge in [0, 0.05) is 23.8 Å². The molecule has 0 bridgehead atoms. The van der Waals surface area contributed by atoms with Crippen molar-refractivity contribution >= 4 is 5.69 Å². The first-order valence-electron chi connectivity index (χ1n) is 8.38. The van der Waals surface area contributed by atoms with Crippen molar-refractivity contribution in [2.24, 2.45) is 11.7 Å². The molecule has 3 heteroatoms. The summed E-state index contributed by atoms with van der Waals surface area (Å²) in [4.78, 5) is 2.55. The number of benzene rings is 1. The van der Waals surface area contributed by atoms with E-state index in [1.807, 2.05) is 0 Å². The molecule has 1 aromatic carbocycles. The monoisotopic (exact) mass is 288 g/mol. The van der Waals surface area contributed by atoms with E-state index in [9.17, 15) is 5.11 Å². The fraction of sp³-hybridized carbons (Fsp3) is 0.667. The number of aliphatic hydroxyl groups excluding tert-OH is 1. The van der Waals surface area contributed by atoms with Gasteiger partial charge in [-0.3, -0.25) is 0 Å². The Morgan fingerprint density at radius 2 is 2.14 bits per heavy atom. The molecular weight excluding hydrogens is 260 g/mol. The summed E-state index contributed by atoms with van der Waals surface area (Å²) in [5, 5.41) is 9.60. The van der Waals surface area contributed by atoms with Gasteiger partial charge in [0.25, 0.3) is 0 Å². The van der Waals surface area contributed by atoms with Crippen molar-refractivity contribution in [2.45, 2.75) is 57.0 Å². The lowest BCUT2D eigenvalue weighted by Crippen LogP contribution is -2.48. The summed E-state index contributed by atoms with van der Waals surface area (Å²) >= 11 is 0. The lowest BCUT2D eigenvalue weighted by atomic mass is 9.85. The SMILES string of the molecule is CC1CCc2ccccc2N1CCC1CCCC1(N)CO. The summed E-state index contributed by atoms with van der Waals surface area (Å²) in [5.41, 5.74) is 8.92. The number of para-hydroxylation sites is 1. The zero-order valence-corrected chi connectivity index (χ0v) is 13.1. The van der Waals surface area contributed by atoms with Crippen LogP contribution < -0.4 is 10.6 Å². The number of fused-ring (bicyclic) bond motifs is 1. The molecule has 3 rings (SSSR count). The summed E-state index contributed by atoms with van der Waals surface area (Å²) < 4.78 is 0. The average Bonchev–Trinajstić information content (AvgIpc) is 2.88. The van der Waals surface area contributed by atoms with Crippen molar-refractivity contribution in [1.82, 2.24) is 0 Å². The highest BCUT2D eigenvalue weighted by molar-refractivity contribution is 5.56. The van der Waals surface area contributed by atoms with Gasteiger partial charge in [0.05, 0.1) is 6.61 Å². The van der Waals surface area contributed by atoms with Crippen molar-refractivity contribution in [1.29, 1.82) is 0 Å². The van der Waals surface area contributed by atoms with Crippen LogP contribution in [-0.2, 0) is 6.42 Å². The molecule has 2 aliphatic rings. The molecule has 1 fully saturated rings. The molecule has 116 valence electrons. The molecule has 1 heterocycles. The van der Waals surface area contributed by atoms with E-state index in [-0.39, 0.29) is 12.1 Å². The Morgan fingerprint density at radius 1 is 1.33 bits per heavy atom. The molecule has 3 unspecified atom stereocenters. The highest BCUT2D eigenvalue weighted by Crippen LogP contribution is 2.37. The highest BCUT2D eigenvalue weighted by Gasteiger charge is 2.39. The van der Waals surface area contributed by atoms with Crippen LogP contribution in [0.5, 0.6) is 0 Å². The standard InChI is InChI=1S/C18H28N2O/c1-14-8-9-15-5-2-3-7-17(15)20(14)12-10-16-6-4-11-18(16,19)13-21/h2-3,5,7,14,16,21H,4,6,8-13,19H2,1H3. The van der Waals surface area contributed by atoms with Gasteiger partial charge in [0.2, 0.25) is 0 Å². The van der Waals surface area contributed by atoms with Crippen LogP contribution in [0.4, 0.5) is 5.69 Å². The van der Waals surface area contributed by atoms with Gasteiger partial charge in [-0.1, -0.05) is 24.6 Å². The number of aryl methyl sites for hydroxylation is 1. The molecule has 0 aromatic heterocycles. The van der Waals surface area contributed by atoms with E-state index in [0.717, 1.165) is 25.8 Å². The predicted octanol–water partition coefficient (Wildman–Crippen LogP) is 2.71. The second-order valence-corrected chi connectivity index (χ2v) is 6.98. The smallest absolute Gasteiger partial charge is 0.0613 e. The molecule has 3 atom stereocenters. The summed E-state index contributed by atoms with van der Waals surface area (Å²) in [5.74, 6) is 0.462. The van der Waals surface area contributed by atoms with E-state index in [1.165, 1.54) is 30.5 Å². The zero-order valence-electron chi connectivity index (χ0n) is 13.1. The third kappa shape index (κ3) is 2.82. The summed E-state index contributed by atoms with van der Waals surface area (Å²) in [6.07, 6.45) is 6.81. The maximum atomic E-state index is 9.60. The molecule has 21 heavy (non-hydrogen) atoms. The third-order valence-electron chi connectivity index (χ3n) is 5.69. The van der Waals surface area contributed by atoms with E-state index in [1.54, 1.807) is 0 Å². The fourth-order valence-corrected chi connectivity index (χ4v) is 4.20. The van der Waals surface area contributed by atoms with E-state index in [0.29, 0.717) is 12.0 Å². The topological polar surface area (TPSA) is 49.5 Å². The summed E-state index contributed by atoms with van der Waals surface area (Å²) in [6, 6.07) is 9.38. The van der Waals surface area contributed by atoms with E-state index >= 15 is 0 Å². The molecule has 0 saturated heterocycles. The second kappa shape index (κ2) is 5.98. The number of nitrogens with zero attached hydrogens (tertiary/aromatic N) is 1. The Kier molecular flexibility index (Phi) is 4.23. The Labute approximate surface area is 128 Å². The minimum absolute atomic E-state index is 0.129. The van der Waals surface area contributed by atoms with Gasteiger partial charge in [0.1, 0.15) is 0 Å². The molecule has 1 aromatic rings.